The number of carbonyl (C=O) groups is 3. The second-order valence-electron chi connectivity index (χ2n) is 5.25. The van der Waals surface area contributed by atoms with E-state index in [4.69, 9.17) is 9.47 Å². The number of nitrogens with zero attached hydrogens (tertiary/aromatic N) is 2. The van der Waals surface area contributed by atoms with E-state index in [1.54, 1.807) is 29.2 Å². The Morgan fingerprint density at radius 3 is 2.08 bits per heavy atom. The maximum absolute atomic E-state index is 12.2. The summed E-state index contributed by atoms with van der Waals surface area (Å²) >= 11 is 0. The first kappa shape index (κ1) is 17.6. The van der Waals surface area contributed by atoms with Gasteiger partial charge in [0.05, 0.1) is 19.5 Å². The molecule has 0 unspecified atom stereocenters. The van der Waals surface area contributed by atoms with Crippen molar-refractivity contribution >= 4 is 17.8 Å². The van der Waals surface area contributed by atoms with E-state index in [1.807, 2.05) is 0 Å². The van der Waals surface area contributed by atoms with Crippen molar-refractivity contribution in [2.75, 3.05) is 39.9 Å². The first-order valence-electron chi connectivity index (χ1n) is 7.52. The van der Waals surface area contributed by atoms with E-state index in [2.05, 4.69) is 0 Å². The molecule has 0 atom stereocenters. The lowest BCUT2D eigenvalue weighted by Crippen LogP contribution is -2.52. The van der Waals surface area contributed by atoms with E-state index in [0.29, 0.717) is 37.7 Å². The lowest BCUT2D eigenvalue weighted by Gasteiger charge is -2.34. The van der Waals surface area contributed by atoms with Crippen molar-refractivity contribution in [3.05, 3.63) is 24.3 Å². The Bertz CT molecular complexity index is 610. The van der Waals surface area contributed by atoms with Gasteiger partial charge in [-0.25, -0.2) is 0 Å². The molecule has 0 aromatic heterocycles. The number of carboxylic acids is 1. The smallest absolute Gasteiger partial charge is 0.260 e. The normalized spacial score (nSPS) is 14.2. The summed E-state index contributed by atoms with van der Waals surface area (Å²) in [4.78, 5) is 37.3. The summed E-state index contributed by atoms with van der Waals surface area (Å²) in [5, 5.41) is 10.4. The van der Waals surface area contributed by atoms with Crippen molar-refractivity contribution in [3.63, 3.8) is 0 Å². The number of carbonyl (C=O) groups excluding carboxylic acids is 3. The third kappa shape index (κ3) is 4.61. The average Bonchev–Trinajstić information content (AvgIpc) is 2.59. The number of piperazine rings is 1. The molecule has 8 nitrogen and oxygen atoms in total. The Kier molecular flexibility index (Phi) is 6.00. The molecule has 8 heteroatoms. The van der Waals surface area contributed by atoms with Crippen LogP contribution < -0.4 is 14.6 Å². The number of amides is 2. The monoisotopic (exact) mass is 335 g/mol. The lowest BCUT2D eigenvalue weighted by molar-refractivity contribution is -0.304. The minimum atomic E-state index is -1.40. The number of para-hydroxylation sites is 2. The van der Waals surface area contributed by atoms with E-state index in [-0.39, 0.29) is 12.5 Å². The molecule has 1 aliphatic heterocycles. The molecule has 1 aromatic carbocycles. The van der Waals surface area contributed by atoms with Crippen molar-refractivity contribution in [2.45, 2.75) is 6.42 Å². The molecule has 1 saturated heterocycles. The van der Waals surface area contributed by atoms with Crippen LogP contribution in [-0.4, -0.2) is 67.5 Å². The Morgan fingerprint density at radius 1 is 1.00 bits per heavy atom. The molecule has 0 aliphatic carbocycles. The molecular formula is C16H19N2O6-. The number of carboxylic acid groups (broad SMARTS) is 1. The first-order chi connectivity index (χ1) is 11.5. The molecule has 2 rings (SSSR count). The van der Waals surface area contributed by atoms with Gasteiger partial charge in [-0.3, -0.25) is 9.59 Å². The lowest BCUT2D eigenvalue weighted by atomic mass is 10.2. The molecule has 0 radical (unpaired) electrons. The fourth-order valence-electron chi connectivity index (χ4n) is 2.41. The zero-order valence-electron chi connectivity index (χ0n) is 13.4. The van der Waals surface area contributed by atoms with E-state index < -0.39 is 18.3 Å². The summed E-state index contributed by atoms with van der Waals surface area (Å²) in [5.41, 5.74) is 0. The predicted octanol–water partition coefficient (Wildman–Crippen LogP) is -1.12. The summed E-state index contributed by atoms with van der Waals surface area (Å²) in [6, 6.07) is 7.03. The number of ether oxygens (including phenoxy) is 2. The van der Waals surface area contributed by atoms with Crippen LogP contribution in [0.2, 0.25) is 0 Å². The largest absolute Gasteiger partial charge is 0.550 e. The summed E-state index contributed by atoms with van der Waals surface area (Å²) < 4.78 is 10.6. The molecule has 1 fully saturated rings. The van der Waals surface area contributed by atoms with Crippen LogP contribution in [0, 0.1) is 0 Å². The fraction of sp³-hybridized carbons (Fsp3) is 0.438. The van der Waals surface area contributed by atoms with Gasteiger partial charge >= 0.3 is 0 Å². The average molecular weight is 335 g/mol. The van der Waals surface area contributed by atoms with Crippen molar-refractivity contribution in [3.8, 4) is 11.5 Å². The van der Waals surface area contributed by atoms with Crippen LogP contribution in [-0.2, 0) is 14.4 Å². The van der Waals surface area contributed by atoms with Gasteiger partial charge in [0, 0.05) is 26.2 Å². The van der Waals surface area contributed by atoms with Gasteiger partial charge in [-0.2, -0.15) is 0 Å². The second-order valence-corrected chi connectivity index (χ2v) is 5.25. The highest BCUT2D eigenvalue weighted by atomic mass is 16.5. The van der Waals surface area contributed by atoms with Crippen molar-refractivity contribution in [1.29, 1.82) is 0 Å². The Morgan fingerprint density at radius 2 is 1.54 bits per heavy atom. The molecule has 0 N–H and O–H groups in total. The highest BCUT2D eigenvalue weighted by Gasteiger charge is 2.24. The van der Waals surface area contributed by atoms with Gasteiger partial charge in [-0.05, 0) is 12.1 Å². The van der Waals surface area contributed by atoms with Gasteiger partial charge in [-0.1, -0.05) is 12.1 Å². The topological polar surface area (TPSA) is 99.2 Å². The van der Waals surface area contributed by atoms with Crippen LogP contribution in [0.4, 0.5) is 0 Å². The molecule has 1 heterocycles. The summed E-state index contributed by atoms with van der Waals surface area (Å²) in [6.07, 6.45) is -0.634. The highest BCUT2D eigenvalue weighted by molar-refractivity contribution is 5.92. The van der Waals surface area contributed by atoms with Crippen LogP contribution in [0.25, 0.3) is 0 Å². The first-order valence-corrected chi connectivity index (χ1v) is 7.52. The van der Waals surface area contributed by atoms with E-state index in [9.17, 15) is 19.5 Å². The maximum Gasteiger partial charge on any atom is 0.260 e. The van der Waals surface area contributed by atoms with Crippen LogP contribution >= 0.6 is 0 Å². The molecule has 0 spiro atoms. The van der Waals surface area contributed by atoms with Crippen LogP contribution in [0.5, 0.6) is 11.5 Å². The minimum absolute atomic E-state index is 0.132. The standard InChI is InChI=1S/C16H20N2O6/c1-23-12-4-2-3-5-13(12)24-11-15(20)18-8-6-17(7-9-18)14(19)10-16(21)22/h2-5H,6-11H2,1H3,(H,21,22)/p-1. The molecule has 24 heavy (non-hydrogen) atoms. The SMILES string of the molecule is COc1ccccc1OCC(=O)N1CCN(C(=O)CC(=O)[O-])CC1. The zero-order valence-corrected chi connectivity index (χ0v) is 13.4. The van der Waals surface area contributed by atoms with E-state index in [1.165, 1.54) is 12.0 Å². The highest BCUT2D eigenvalue weighted by Crippen LogP contribution is 2.25. The summed E-state index contributed by atoms with van der Waals surface area (Å²) in [7, 11) is 1.52. The van der Waals surface area contributed by atoms with Gasteiger partial charge in [0.15, 0.2) is 18.1 Å². The molecule has 0 bridgehead atoms. The van der Waals surface area contributed by atoms with Crippen LogP contribution in [0.1, 0.15) is 6.42 Å². The van der Waals surface area contributed by atoms with Gasteiger partial charge < -0.3 is 29.2 Å². The Hall–Kier alpha value is -2.77. The van der Waals surface area contributed by atoms with Crippen molar-refractivity contribution < 1.29 is 29.0 Å². The van der Waals surface area contributed by atoms with Gasteiger partial charge in [0.25, 0.3) is 5.91 Å². The molecule has 130 valence electrons. The zero-order chi connectivity index (χ0) is 17.5. The van der Waals surface area contributed by atoms with Crippen molar-refractivity contribution in [1.82, 2.24) is 9.80 Å². The fourth-order valence-corrected chi connectivity index (χ4v) is 2.41. The molecule has 1 aromatic rings. The van der Waals surface area contributed by atoms with Crippen LogP contribution in [0.15, 0.2) is 24.3 Å². The second kappa shape index (κ2) is 8.19. The maximum atomic E-state index is 12.2. The quantitative estimate of drug-likeness (QED) is 0.611. The number of hydrogen-bond acceptors (Lipinski definition) is 6. The minimum Gasteiger partial charge on any atom is -0.550 e. The predicted molar refractivity (Wildman–Crippen MR) is 81.3 cm³/mol. The summed E-state index contributed by atoms with van der Waals surface area (Å²) in [6.45, 7) is 1.15. The Balaban J connectivity index is 1.80. The third-order valence-electron chi connectivity index (χ3n) is 3.70. The van der Waals surface area contributed by atoms with E-state index in [0.717, 1.165) is 0 Å². The number of hydrogen-bond donors (Lipinski definition) is 0. The number of rotatable bonds is 6. The molecule has 0 saturated carbocycles. The van der Waals surface area contributed by atoms with Crippen LogP contribution in [0.3, 0.4) is 0 Å². The number of benzene rings is 1. The Labute approximate surface area is 139 Å². The molecule has 2 amide bonds. The van der Waals surface area contributed by atoms with E-state index >= 15 is 0 Å². The molecular weight excluding hydrogens is 316 g/mol. The molecule has 1 aliphatic rings. The van der Waals surface area contributed by atoms with Crippen molar-refractivity contribution in [2.24, 2.45) is 0 Å². The summed E-state index contributed by atoms with van der Waals surface area (Å²) in [5.74, 6) is -1.07. The van der Waals surface area contributed by atoms with Gasteiger partial charge in [0.1, 0.15) is 0 Å². The number of aliphatic carboxylic acids is 1. The van der Waals surface area contributed by atoms with Gasteiger partial charge in [0.2, 0.25) is 5.91 Å². The number of methoxy groups -OCH3 is 1. The van der Waals surface area contributed by atoms with Gasteiger partial charge in [-0.15, -0.1) is 0 Å². The third-order valence-corrected chi connectivity index (χ3v) is 3.70.